The normalized spacial score (nSPS) is 40.5. The summed E-state index contributed by atoms with van der Waals surface area (Å²) in [5.41, 5.74) is 1.33. The minimum atomic E-state index is -0.419. The van der Waals surface area contributed by atoms with Gasteiger partial charge in [-0.1, -0.05) is 64.4 Å². The van der Waals surface area contributed by atoms with Crippen molar-refractivity contribution in [2.75, 3.05) is 6.54 Å². The van der Waals surface area contributed by atoms with Crippen molar-refractivity contribution in [1.82, 2.24) is 5.32 Å². The van der Waals surface area contributed by atoms with Crippen LogP contribution in [-0.2, 0) is 20.9 Å². The van der Waals surface area contributed by atoms with Crippen LogP contribution in [0.1, 0.15) is 97.5 Å². The van der Waals surface area contributed by atoms with Crippen molar-refractivity contribution in [3.63, 3.8) is 0 Å². The molecule has 0 aromatic heterocycles. The first-order chi connectivity index (χ1) is 19.6. The fourth-order valence-electron chi connectivity index (χ4n) is 10.5. The zero-order valence-electron chi connectivity index (χ0n) is 25.7. The Morgan fingerprint density at radius 3 is 2.44 bits per heavy atom. The van der Waals surface area contributed by atoms with Gasteiger partial charge in [0.05, 0.1) is 12.2 Å². The molecule has 6 heteroatoms. The summed E-state index contributed by atoms with van der Waals surface area (Å²) in [5, 5.41) is 25.2. The van der Waals surface area contributed by atoms with Crippen LogP contribution in [0.4, 0.5) is 0 Å². The van der Waals surface area contributed by atoms with E-state index < -0.39 is 5.97 Å². The number of esters is 1. The van der Waals surface area contributed by atoms with Gasteiger partial charge >= 0.3 is 5.97 Å². The molecule has 1 aromatic carbocycles. The smallest absolute Gasteiger partial charge is 0.325 e. The van der Waals surface area contributed by atoms with Gasteiger partial charge in [0.2, 0.25) is 5.91 Å². The number of aliphatic hydroxyl groups is 2. The molecule has 228 valence electrons. The topological polar surface area (TPSA) is 95.9 Å². The number of hydrogen-bond acceptors (Lipinski definition) is 5. The lowest BCUT2D eigenvalue weighted by atomic mass is 9.41. The first-order valence-electron chi connectivity index (χ1n) is 16.4. The molecule has 1 amide bonds. The zero-order valence-corrected chi connectivity index (χ0v) is 25.7. The van der Waals surface area contributed by atoms with Crippen molar-refractivity contribution in [3.8, 4) is 0 Å². The van der Waals surface area contributed by atoms with Gasteiger partial charge in [-0.2, -0.15) is 0 Å². The molecule has 4 saturated carbocycles. The van der Waals surface area contributed by atoms with Crippen LogP contribution in [-0.4, -0.2) is 40.8 Å². The van der Waals surface area contributed by atoms with Crippen molar-refractivity contribution in [2.24, 2.45) is 52.3 Å². The van der Waals surface area contributed by atoms with Crippen LogP contribution in [0.3, 0.4) is 0 Å². The Bertz CT molecular complexity index is 1060. The summed E-state index contributed by atoms with van der Waals surface area (Å²) in [6.07, 6.45) is 9.25. The first kappa shape index (κ1) is 30.5. The quantitative estimate of drug-likeness (QED) is 0.324. The van der Waals surface area contributed by atoms with Crippen molar-refractivity contribution in [3.05, 3.63) is 35.9 Å². The van der Waals surface area contributed by atoms with Gasteiger partial charge in [-0.15, -0.1) is 0 Å². The van der Waals surface area contributed by atoms with Crippen LogP contribution in [0.25, 0.3) is 0 Å². The summed E-state index contributed by atoms with van der Waals surface area (Å²) in [4.78, 5) is 24.7. The van der Waals surface area contributed by atoms with Crippen LogP contribution in [0.5, 0.6) is 0 Å². The third-order valence-corrected chi connectivity index (χ3v) is 12.6. The van der Waals surface area contributed by atoms with Gasteiger partial charge in [-0.05, 0) is 109 Å². The molecule has 1 unspecified atom stereocenters. The van der Waals surface area contributed by atoms with E-state index in [9.17, 15) is 19.8 Å². The third kappa shape index (κ3) is 5.85. The van der Waals surface area contributed by atoms with E-state index in [1.165, 1.54) is 25.7 Å². The van der Waals surface area contributed by atoms with Gasteiger partial charge in [-0.25, -0.2) is 0 Å². The molecule has 0 aliphatic heterocycles. The van der Waals surface area contributed by atoms with Crippen LogP contribution < -0.4 is 5.32 Å². The Labute approximate surface area is 247 Å². The van der Waals surface area contributed by atoms with Gasteiger partial charge in [0.15, 0.2) is 0 Å². The summed E-state index contributed by atoms with van der Waals surface area (Å²) < 4.78 is 5.28. The molecule has 6 nitrogen and oxygen atoms in total. The lowest BCUT2D eigenvalue weighted by molar-refractivity contribution is -0.203. The Hall–Kier alpha value is -1.92. The lowest BCUT2D eigenvalue weighted by Crippen LogP contribution is -2.62. The number of fused-ring (bicyclic) bond motifs is 5. The molecule has 3 N–H and O–H groups in total. The van der Waals surface area contributed by atoms with Crippen LogP contribution in [0, 0.1) is 52.3 Å². The molecule has 0 spiro atoms. The number of rotatable bonds is 9. The monoisotopic (exact) mass is 567 g/mol. The standard InChI is InChI=1S/C35H53NO5/c1-5-25-29-19-24(37)15-17-35(29,4)28-16-18-34(3)26(12-13-27(34)32(28)33(25)40)22(2)11-14-30(38)36-20-31(39)41-21-23-9-7-6-8-10-23/h6-10,22,24-29,32-33,37,40H,5,11-21H2,1-4H3,(H,36,38)/t22-,24-,25-,26-,27+,28+,29?,32+,33-,34-,35-/m1/s1. The Balaban J connectivity index is 1.16. The van der Waals surface area contributed by atoms with Gasteiger partial charge in [0.1, 0.15) is 13.2 Å². The highest BCUT2D eigenvalue weighted by atomic mass is 16.5. The first-order valence-corrected chi connectivity index (χ1v) is 16.4. The predicted octanol–water partition coefficient (Wildman–Crippen LogP) is 5.89. The van der Waals surface area contributed by atoms with Gasteiger partial charge < -0.3 is 20.3 Å². The zero-order chi connectivity index (χ0) is 29.4. The van der Waals surface area contributed by atoms with Crippen LogP contribution in [0.15, 0.2) is 30.3 Å². The minimum absolute atomic E-state index is 0.0936. The molecule has 4 fully saturated rings. The molecule has 0 radical (unpaired) electrons. The maximum Gasteiger partial charge on any atom is 0.325 e. The molecule has 1 aromatic rings. The summed E-state index contributed by atoms with van der Waals surface area (Å²) in [5.74, 6) is 2.55. The van der Waals surface area contributed by atoms with Gasteiger partial charge in [0, 0.05) is 6.42 Å². The van der Waals surface area contributed by atoms with E-state index in [-0.39, 0.29) is 48.0 Å². The largest absolute Gasteiger partial charge is 0.460 e. The predicted molar refractivity (Wildman–Crippen MR) is 159 cm³/mol. The number of amides is 1. The van der Waals surface area contributed by atoms with Gasteiger partial charge in [-0.3, -0.25) is 9.59 Å². The maximum absolute atomic E-state index is 12.6. The summed E-state index contributed by atoms with van der Waals surface area (Å²) >= 11 is 0. The van der Waals surface area contributed by atoms with Crippen molar-refractivity contribution in [2.45, 2.75) is 111 Å². The summed E-state index contributed by atoms with van der Waals surface area (Å²) in [6, 6.07) is 9.54. The fourth-order valence-corrected chi connectivity index (χ4v) is 10.5. The number of aliphatic hydroxyl groups excluding tert-OH is 2. The van der Waals surface area contributed by atoms with E-state index >= 15 is 0 Å². The molecule has 0 heterocycles. The molecule has 5 rings (SSSR count). The van der Waals surface area contributed by atoms with E-state index in [1.807, 2.05) is 30.3 Å². The highest BCUT2D eigenvalue weighted by Crippen LogP contribution is 2.69. The number of hydrogen-bond donors (Lipinski definition) is 3. The number of ether oxygens (including phenoxy) is 1. The Morgan fingerprint density at radius 1 is 1.00 bits per heavy atom. The van der Waals surface area contributed by atoms with Crippen LogP contribution >= 0.6 is 0 Å². The maximum atomic E-state index is 12.6. The lowest BCUT2D eigenvalue weighted by Gasteiger charge is -2.64. The minimum Gasteiger partial charge on any atom is -0.460 e. The van der Waals surface area contributed by atoms with E-state index in [2.05, 4.69) is 33.0 Å². The average molecular weight is 568 g/mol. The highest BCUT2D eigenvalue weighted by molar-refractivity contribution is 5.81. The molecule has 11 atom stereocenters. The fraction of sp³-hybridized carbons (Fsp3) is 0.771. The summed E-state index contributed by atoms with van der Waals surface area (Å²) in [6.45, 7) is 9.62. The van der Waals surface area contributed by atoms with Gasteiger partial charge in [0.25, 0.3) is 0 Å². The molecule has 41 heavy (non-hydrogen) atoms. The highest BCUT2D eigenvalue weighted by Gasteiger charge is 2.64. The second-order valence-electron chi connectivity index (χ2n) is 14.6. The molecule has 4 aliphatic rings. The van der Waals surface area contributed by atoms with Crippen molar-refractivity contribution >= 4 is 11.9 Å². The second kappa shape index (κ2) is 12.4. The average Bonchev–Trinajstić information content (AvgIpc) is 3.32. The Morgan fingerprint density at radius 2 is 1.71 bits per heavy atom. The number of nitrogens with one attached hydrogen (secondary N) is 1. The number of carbonyl (C=O) groups is 2. The number of benzene rings is 1. The van der Waals surface area contributed by atoms with E-state index in [0.29, 0.717) is 41.9 Å². The van der Waals surface area contributed by atoms with Crippen LogP contribution in [0.2, 0.25) is 0 Å². The third-order valence-electron chi connectivity index (χ3n) is 12.6. The van der Waals surface area contributed by atoms with E-state index in [1.54, 1.807) is 0 Å². The van der Waals surface area contributed by atoms with E-state index in [4.69, 9.17) is 4.74 Å². The molecule has 0 saturated heterocycles. The second-order valence-corrected chi connectivity index (χ2v) is 14.6. The Kier molecular flexibility index (Phi) is 9.21. The van der Waals surface area contributed by atoms with E-state index in [0.717, 1.165) is 37.7 Å². The molecule has 4 aliphatic carbocycles. The SMILES string of the molecule is CC[C@@H]1C2C[C@H](O)CC[C@]2(C)[C@H]2CC[C@]3(C)[C@@H]([C@H](C)CCC(=O)NCC(=O)OCc4ccccc4)CC[C@H]3[C@@H]2[C@@H]1O. The summed E-state index contributed by atoms with van der Waals surface area (Å²) in [7, 11) is 0. The molecular weight excluding hydrogens is 514 g/mol. The van der Waals surface area contributed by atoms with Crippen molar-refractivity contribution < 1.29 is 24.5 Å². The molecular formula is C35H53NO5. The van der Waals surface area contributed by atoms with Crippen molar-refractivity contribution in [1.29, 1.82) is 0 Å². The molecule has 0 bridgehead atoms. The number of carbonyl (C=O) groups excluding carboxylic acids is 2.